The summed E-state index contributed by atoms with van der Waals surface area (Å²) in [6, 6.07) is 5.63. The Labute approximate surface area is 166 Å². The highest BCUT2D eigenvalue weighted by Gasteiger charge is 2.32. The first-order valence-corrected chi connectivity index (χ1v) is 10.3. The van der Waals surface area contributed by atoms with Gasteiger partial charge in [0.2, 0.25) is 0 Å². The highest BCUT2D eigenvalue weighted by molar-refractivity contribution is 6.30. The second-order valence-corrected chi connectivity index (χ2v) is 8.17. The SMILES string of the molecule is O=C(O)CCCCCC[C@H]1C(Cl)CC[C@@H]1/C=C/c1cc(Cl)cc(CO)c1. The van der Waals surface area contributed by atoms with Crippen molar-refractivity contribution in [1.29, 1.82) is 0 Å². The third-order valence-electron chi connectivity index (χ3n) is 5.17. The maximum absolute atomic E-state index is 10.5. The van der Waals surface area contributed by atoms with Gasteiger partial charge in [-0.3, -0.25) is 4.79 Å². The van der Waals surface area contributed by atoms with Crippen LogP contribution in [0.3, 0.4) is 0 Å². The number of rotatable bonds is 10. The van der Waals surface area contributed by atoms with Gasteiger partial charge in [0.15, 0.2) is 0 Å². The molecule has 3 atom stereocenters. The summed E-state index contributed by atoms with van der Waals surface area (Å²) in [5.74, 6) is 0.231. The number of carboxylic acids is 1. The number of allylic oxidation sites excluding steroid dienone is 1. The number of aliphatic hydroxyl groups excluding tert-OH is 1. The molecule has 0 spiro atoms. The number of unbranched alkanes of at least 4 members (excludes halogenated alkanes) is 3. The van der Waals surface area contributed by atoms with Crippen LogP contribution in [0.5, 0.6) is 0 Å². The molecule has 0 bridgehead atoms. The van der Waals surface area contributed by atoms with Gasteiger partial charge in [-0.2, -0.15) is 0 Å². The summed E-state index contributed by atoms with van der Waals surface area (Å²) in [6.07, 6.45) is 11.7. The average molecular weight is 399 g/mol. The number of hydrogen-bond acceptors (Lipinski definition) is 2. The van der Waals surface area contributed by atoms with Crippen molar-refractivity contribution in [1.82, 2.24) is 0 Å². The van der Waals surface area contributed by atoms with Crippen molar-refractivity contribution in [2.75, 3.05) is 0 Å². The maximum Gasteiger partial charge on any atom is 0.303 e. The van der Waals surface area contributed by atoms with E-state index in [1.807, 2.05) is 12.1 Å². The van der Waals surface area contributed by atoms with Crippen LogP contribution in [-0.2, 0) is 11.4 Å². The lowest BCUT2D eigenvalue weighted by Gasteiger charge is -2.19. The van der Waals surface area contributed by atoms with Crippen LogP contribution in [0.2, 0.25) is 5.02 Å². The van der Waals surface area contributed by atoms with Crippen LogP contribution in [0.15, 0.2) is 24.3 Å². The summed E-state index contributed by atoms with van der Waals surface area (Å²) in [7, 11) is 0. The Bertz CT molecular complexity index is 615. The van der Waals surface area contributed by atoms with Gasteiger partial charge in [0.05, 0.1) is 6.61 Å². The largest absolute Gasteiger partial charge is 0.481 e. The molecule has 3 nitrogen and oxygen atoms in total. The number of carboxylic acid groups (broad SMARTS) is 1. The number of alkyl halides is 1. The summed E-state index contributed by atoms with van der Waals surface area (Å²) in [5.41, 5.74) is 1.82. The normalized spacial score (nSPS) is 23.0. The Morgan fingerprint density at radius 2 is 1.92 bits per heavy atom. The summed E-state index contributed by atoms with van der Waals surface area (Å²) in [5, 5.41) is 18.8. The first kappa shape index (κ1) is 21.3. The van der Waals surface area contributed by atoms with Gasteiger partial charge in [-0.1, -0.05) is 43.0 Å². The highest BCUT2D eigenvalue weighted by Crippen LogP contribution is 2.40. The summed E-state index contributed by atoms with van der Waals surface area (Å²) >= 11 is 12.6. The standard InChI is InChI=1S/C21H28Cl2O3/c22-18-12-15(11-16(13-18)14-24)7-8-17-9-10-20(23)19(17)5-3-1-2-4-6-21(25)26/h7-8,11-13,17,19-20,24H,1-6,9-10,14H2,(H,25,26)/b8-7+/t17-,19+,20?/m0/s1. The number of aliphatic carboxylic acids is 1. The van der Waals surface area contributed by atoms with Crippen molar-refractivity contribution in [3.8, 4) is 0 Å². The lowest BCUT2D eigenvalue weighted by atomic mass is 9.89. The monoisotopic (exact) mass is 398 g/mol. The van der Waals surface area contributed by atoms with E-state index in [-0.39, 0.29) is 18.4 Å². The van der Waals surface area contributed by atoms with Crippen LogP contribution >= 0.6 is 23.2 Å². The van der Waals surface area contributed by atoms with Gasteiger partial charge in [0.25, 0.3) is 0 Å². The van der Waals surface area contributed by atoms with Crippen LogP contribution < -0.4 is 0 Å². The van der Waals surface area contributed by atoms with Crippen molar-refractivity contribution in [3.05, 3.63) is 40.4 Å². The van der Waals surface area contributed by atoms with Crippen molar-refractivity contribution in [2.24, 2.45) is 11.8 Å². The smallest absolute Gasteiger partial charge is 0.303 e. The van der Waals surface area contributed by atoms with Gasteiger partial charge in [-0.15, -0.1) is 11.6 Å². The Morgan fingerprint density at radius 1 is 1.15 bits per heavy atom. The lowest BCUT2D eigenvalue weighted by Crippen LogP contribution is -2.13. The van der Waals surface area contributed by atoms with E-state index in [0.717, 1.165) is 56.1 Å². The van der Waals surface area contributed by atoms with Crippen molar-refractivity contribution in [3.63, 3.8) is 0 Å². The first-order valence-electron chi connectivity index (χ1n) is 9.44. The molecule has 1 aliphatic carbocycles. The molecule has 5 heteroatoms. The molecule has 1 aromatic carbocycles. The second-order valence-electron chi connectivity index (χ2n) is 7.18. The molecule has 26 heavy (non-hydrogen) atoms. The predicted molar refractivity (Wildman–Crippen MR) is 108 cm³/mol. The van der Waals surface area contributed by atoms with Crippen LogP contribution in [-0.4, -0.2) is 21.6 Å². The van der Waals surface area contributed by atoms with E-state index in [2.05, 4.69) is 12.2 Å². The molecular formula is C21H28Cl2O3. The van der Waals surface area contributed by atoms with Crippen molar-refractivity contribution < 1.29 is 15.0 Å². The number of aliphatic hydroxyl groups is 1. The minimum Gasteiger partial charge on any atom is -0.481 e. The second kappa shape index (κ2) is 11.0. The fourth-order valence-corrected chi connectivity index (χ4v) is 4.49. The molecule has 1 saturated carbocycles. The van der Waals surface area contributed by atoms with Gasteiger partial charge in [0.1, 0.15) is 0 Å². The predicted octanol–water partition coefficient (Wildman–Crippen LogP) is 5.90. The third kappa shape index (κ3) is 6.94. The maximum atomic E-state index is 10.5. The molecule has 2 rings (SSSR count). The number of carbonyl (C=O) groups is 1. The molecule has 1 aromatic rings. The fraction of sp³-hybridized carbons (Fsp3) is 0.571. The molecule has 0 amide bonds. The molecule has 0 heterocycles. The van der Waals surface area contributed by atoms with Gasteiger partial charge >= 0.3 is 5.97 Å². The van der Waals surface area contributed by atoms with Crippen LogP contribution in [0.1, 0.15) is 62.5 Å². The van der Waals surface area contributed by atoms with E-state index in [0.29, 0.717) is 16.9 Å². The number of benzene rings is 1. The van der Waals surface area contributed by atoms with Crippen molar-refractivity contribution in [2.45, 2.75) is 63.4 Å². The van der Waals surface area contributed by atoms with E-state index in [1.165, 1.54) is 0 Å². The van der Waals surface area contributed by atoms with Crippen LogP contribution in [0, 0.1) is 11.8 Å². The zero-order valence-electron chi connectivity index (χ0n) is 15.0. The van der Waals surface area contributed by atoms with Crippen LogP contribution in [0.25, 0.3) is 6.08 Å². The first-order chi connectivity index (χ1) is 12.5. The summed E-state index contributed by atoms with van der Waals surface area (Å²) < 4.78 is 0. The Hall–Kier alpha value is -1.03. The zero-order valence-corrected chi connectivity index (χ0v) is 16.6. The summed E-state index contributed by atoms with van der Waals surface area (Å²) in [6.45, 7) is -0.0148. The quantitative estimate of drug-likeness (QED) is 0.380. The Balaban J connectivity index is 1.85. The van der Waals surface area contributed by atoms with Gasteiger partial charge in [-0.25, -0.2) is 0 Å². The molecular weight excluding hydrogens is 371 g/mol. The van der Waals surface area contributed by atoms with E-state index in [4.69, 9.17) is 28.3 Å². The van der Waals surface area contributed by atoms with Gasteiger partial charge in [0, 0.05) is 16.8 Å². The van der Waals surface area contributed by atoms with E-state index < -0.39 is 5.97 Å². The zero-order chi connectivity index (χ0) is 18.9. The molecule has 1 fully saturated rings. The lowest BCUT2D eigenvalue weighted by molar-refractivity contribution is -0.137. The Kier molecular flexibility index (Phi) is 8.97. The molecule has 0 aliphatic heterocycles. The van der Waals surface area contributed by atoms with E-state index >= 15 is 0 Å². The van der Waals surface area contributed by atoms with E-state index in [1.54, 1.807) is 6.07 Å². The van der Waals surface area contributed by atoms with Crippen molar-refractivity contribution >= 4 is 35.2 Å². The summed E-state index contributed by atoms with van der Waals surface area (Å²) in [4.78, 5) is 10.5. The topological polar surface area (TPSA) is 57.5 Å². The van der Waals surface area contributed by atoms with E-state index in [9.17, 15) is 9.90 Å². The van der Waals surface area contributed by atoms with Crippen LogP contribution in [0.4, 0.5) is 0 Å². The van der Waals surface area contributed by atoms with Gasteiger partial charge < -0.3 is 10.2 Å². The Morgan fingerprint density at radius 3 is 2.65 bits per heavy atom. The molecule has 1 aliphatic rings. The number of halogens is 2. The third-order valence-corrected chi connectivity index (χ3v) is 5.93. The minimum absolute atomic E-state index is 0.0148. The molecule has 0 saturated heterocycles. The van der Waals surface area contributed by atoms with Gasteiger partial charge in [-0.05, 0) is 66.8 Å². The molecule has 2 N–H and O–H groups in total. The number of hydrogen-bond donors (Lipinski definition) is 2. The molecule has 0 aromatic heterocycles. The minimum atomic E-state index is -0.711. The molecule has 144 valence electrons. The fourth-order valence-electron chi connectivity index (χ4n) is 3.79. The average Bonchev–Trinajstić information content (AvgIpc) is 2.95. The highest BCUT2D eigenvalue weighted by atomic mass is 35.5. The molecule has 0 radical (unpaired) electrons. The molecule has 1 unspecified atom stereocenters.